The van der Waals surface area contributed by atoms with Crippen LogP contribution >= 0.6 is 0 Å². The van der Waals surface area contributed by atoms with E-state index in [-0.39, 0.29) is 12.5 Å². The number of carbonyl (C=O) groups is 2. The van der Waals surface area contributed by atoms with E-state index in [4.69, 9.17) is 9.47 Å². The molecule has 2 saturated heterocycles. The van der Waals surface area contributed by atoms with E-state index in [0.717, 1.165) is 25.9 Å². The zero-order chi connectivity index (χ0) is 23.7. The number of ether oxygens (including phenoxy) is 2. The molecule has 1 spiro atoms. The molecule has 0 bridgehead atoms. The number of amides is 2. The van der Waals surface area contributed by atoms with Crippen molar-refractivity contribution in [1.82, 2.24) is 9.80 Å². The fourth-order valence-electron chi connectivity index (χ4n) is 3.70. The first-order valence-electron chi connectivity index (χ1n) is 11.0. The minimum absolute atomic E-state index is 0.0117. The van der Waals surface area contributed by atoms with Gasteiger partial charge in [-0.05, 0) is 67.2 Å². The highest BCUT2D eigenvalue weighted by atomic mass is 19.3. The molecule has 0 atom stereocenters. The van der Waals surface area contributed by atoms with Crippen LogP contribution in [-0.4, -0.2) is 65.3 Å². The van der Waals surface area contributed by atoms with Crippen molar-refractivity contribution in [2.24, 2.45) is 5.41 Å². The minimum Gasteiger partial charge on any atom is -0.444 e. The maximum atomic E-state index is 13.1. The number of carbonyl (C=O) groups excluding carboxylic acids is 2. The van der Waals surface area contributed by atoms with E-state index in [1.54, 1.807) is 25.7 Å². The van der Waals surface area contributed by atoms with Crippen molar-refractivity contribution in [1.29, 1.82) is 0 Å². The second kappa shape index (κ2) is 8.94. The molecule has 0 N–H and O–H groups in total. The van der Waals surface area contributed by atoms with Crippen molar-refractivity contribution >= 4 is 12.2 Å². The molecule has 2 heterocycles. The third-order valence-corrected chi connectivity index (χ3v) is 5.71. The SMILES string of the molecule is C=C1CCN(C(=O)OC(C)(C)C)CC1.CC(C)(C)OC(=O)N1CCC2(CC1)CC2(F)F. The van der Waals surface area contributed by atoms with Gasteiger partial charge in [0.1, 0.15) is 11.2 Å². The van der Waals surface area contributed by atoms with E-state index in [2.05, 4.69) is 6.58 Å². The molecule has 0 aromatic rings. The molecule has 2 amide bonds. The van der Waals surface area contributed by atoms with Crippen molar-refractivity contribution in [2.75, 3.05) is 26.2 Å². The largest absolute Gasteiger partial charge is 0.444 e. The summed E-state index contributed by atoms with van der Waals surface area (Å²) >= 11 is 0. The summed E-state index contributed by atoms with van der Waals surface area (Å²) in [6.45, 7) is 17.2. The summed E-state index contributed by atoms with van der Waals surface area (Å²) in [6.07, 6.45) is 1.97. The van der Waals surface area contributed by atoms with Gasteiger partial charge < -0.3 is 19.3 Å². The molecular formula is C23H38F2N2O4. The first kappa shape index (κ1) is 25.4. The Kier molecular flexibility index (Phi) is 7.33. The van der Waals surface area contributed by atoms with E-state index in [1.165, 1.54) is 10.5 Å². The molecular weight excluding hydrogens is 406 g/mol. The average molecular weight is 445 g/mol. The van der Waals surface area contributed by atoms with Crippen LogP contribution in [0.25, 0.3) is 0 Å². The lowest BCUT2D eigenvalue weighted by molar-refractivity contribution is 0.00120. The molecule has 6 nitrogen and oxygen atoms in total. The van der Waals surface area contributed by atoms with Crippen molar-refractivity contribution in [3.05, 3.63) is 12.2 Å². The molecule has 31 heavy (non-hydrogen) atoms. The van der Waals surface area contributed by atoms with Gasteiger partial charge >= 0.3 is 12.2 Å². The van der Waals surface area contributed by atoms with Crippen LogP contribution < -0.4 is 0 Å². The molecule has 1 aliphatic carbocycles. The molecule has 3 fully saturated rings. The lowest BCUT2D eigenvalue weighted by Gasteiger charge is -2.33. The second-order valence-corrected chi connectivity index (χ2v) is 10.8. The van der Waals surface area contributed by atoms with Gasteiger partial charge in [0, 0.05) is 38.0 Å². The fourth-order valence-corrected chi connectivity index (χ4v) is 3.70. The lowest BCUT2D eigenvalue weighted by atomic mass is 9.93. The topological polar surface area (TPSA) is 59.1 Å². The van der Waals surface area contributed by atoms with E-state index in [1.807, 2.05) is 20.8 Å². The molecule has 178 valence electrons. The maximum absolute atomic E-state index is 13.1. The van der Waals surface area contributed by atoms with Gasteiger partial charge in [0.25, 0.3) is 5.92 Å². The third kappa shape index (κ3) is 7.35. The van der Waals surface area contributed by atoms with Crippen LogP contribution in [-0.2, 0) is 9.47 Å². The summed E-state index contributed by atoms with van der Waals surface area (Å²) in [5.74, 6) is -2.51. The molecule has 0 unspecified atom stereocenters. The summed E-state index contributed by atoms with van der Waals surface area (Å²) in [5.41, 5.74) is -0.517. The first-order chi connectivity index (χ1) is 14.0. The number of hydrogen-bond acceptors (Lipinski definition) is 4. The average Bonchev–Trinajstić information content (AvgIpc) is 3.12. The zero-order valence-electron chi connectivity index (χ0n) is 19.9. The highest BCUT2D eigenvalue weighted by molar-refractivity contribution is 5.68. The van der Waals surface area contributed by atoms with Gasteiger partial charge in [0.05, 0.1) is 0 Å². The number of alkyl halides is 2. The van der Waals surface area contributed by atoms with Crippen LogP contribution in [0.3, 0.4) is 0 Å². The van der Waals surface area contributed by atoms with E-state index < -0.39 is 28.6 Å². The number of likely N-dealkylation sites (tertiary alicyclic amines) is 2. The molecule has 2 aliphatic heterocycles. The monoisotopic (exact) mass is 444 g/mol. The summed E-state index contributed by atoms with van der Waals surface area (Å²) in [4.78, 5) is 26.6. The van der Waals surface area contributed by atoms with Crippen LogP contribution in [0.4, 0.5) is 18.4 Å². The van der Waals surface area contributed by atoms with Crippen LogP contribution in [0.5, 0.6) is 0 Å². The van der Waals surface area contributed by atoms with E-state index >= 15 is 0 Å². The van der Waals surface area contributed by atoms with Crippen LogP contribution in [0, 0.1) is 5.41 Å². The highest BCUT2D eigenvalue weighted by Gasteiger charge is 2.70. The number of piperidine rings is 2. The summed E-state index contributed by atoms with van der Waals surface area (Å²) in [5, 5.41) is 0. The predicted molar refractivity (Wildman–Crippen MR) is 115 cm³/mol. The smallest absolute Gasteiger partial charge is 0.410 e. The second-order valence-electron chi connectivity index (χ2n) is 10.8. The van der Waals surface area contributed by atoms with Crippen LogP contribution in [0.2, 0.25) is 0 Å². The zero-order valence-corrected chi connectivity index (χ0v) is 19.9. The van der Waals surface area contributed by atoms with Gasteiger partial charge in [0.15, 0.2) is 0 Å². The highest BCUT2D eigenvalue weighted by Crippen LogP contribution is 2.65. The van der Waals surface area contributed by atoms with Gasteiger partial charge in [0.2, 0.25) is 0 Å². The predicted octanol–water partition coefficient (Wildman–Crippen LogP) is 5.62. The Hall–Kier alpha value is -1.86. The number of hydrogen-bond donors (Lipinski definition) is 0. The van der Waals surface area contributed by atoms with Crippen molar-refractivity contribution in [3.8, 4) is 0 Å². The Morgan fingerprint density at radius 3 is 1.52 bits per heavy atom. The first-order valence-corrected chi connectivity index (χ1v) is 11.0. The summed E-state index contributed by atoms with van der Waals surface area (Å²) < 4.78 is 36.8. The minimum atomic E-state index is -2.51. The van der Waals surface area contributed by atoms with Gasteiger partial charge in [-0.1, -0.05) is 12.2 Å². The summed E-state index contributed by atoms with van der Waals surface area (Å²) in [6, 6.07) is 0. The van der Waals surface area contributed by atoms with Gasteiger partial charge in [-0.2, -0.15) is 0 Å². The quantitative estimate of drug-likeness (QED) is 0.455. The van der Waals surface area contributed by atoms with Crippen molar-refractivity contribution < 1.29 is 27.8 Å². The van der Waals surface area contributed by atoms with Gasteiger partial charge in [-0.3, -0.25) is 0 Å². The van der Waals surface area contributed by atoms with Crippen LogP contribution in [0.1, 0.15) is 73.6 Å². The Balaban J connectivity index is 0.000000225. The Morgan fingerprint density at radius 1 is 0.839 bits per heavy atom. The van der Waals surface area contributed by atoms with Gasteiger partial charge in [-0.15, -0.1) is 0 Å². The molecule has 0 aromatic heterocycles. The van der Waals surface area contributed by atoms with Crippen molar-refractivity contribution in [3.63, 3.8) is 0 Å². The molecule has 8 heteroatoms. The normalized spacial score (nSPS) is 22.4. The Bertz CT molecular complexity index is 677. The van der Waals surface area contributed by atoms with Crippen molar-refractivity contribution in [2.45, 2.75) is 90.8 Å². The molecule has 0 radical (unpaired) electrons. The van der Waals surface area contributed by atoms with Gasteiger partial charge in [-0.25, -0.2) is 18.4 Å². The summed E-state index contributed by atoms with van der Waals surface area (Å²) in [7, 11) is 0. The van der Waals surface area contributed by atoms with E-state index in [9.17, 15) is 18.4 Å². The molecule has 3 rings (SSSR count). The fraction of sp³-hybridized carbons (Fsp3) is 0.826. The molecule has 3 aliphatic rings. The molecule has 1 saturated carbocycles. The standard InChI is InChI=1S/C12H19F2NO2.C11H19NO2/c1-10(2,3)17-9(16)15-6-4-11(5-7-15)8-12(11,13)14;1-9-5-7-12(8-6-9)10(13)14-11(2,3)4/h4-8H2,1-3H3;1,5-8H2,2-4H3. The Morgan fingerprint density at radius 2 is 1.19 bits per heavy atom. The van der Waals surface area contributed by atoms with Crippen LogP contribution in [0.15, 0.2) is 12.2 Å². The van der Waals surface area contributed by atoms with E-state index in [0.29, 0.717) is 25.9 Å². The number of nitrogens with zero attached hydrogens (tertiary/aromatic N) is 2. The Labute approximate surface area is 184 Å². The molecule has 0 aromatic carbocycles. The number of rotatable bonds is 0. The number of halogens is 2. The lowest BCUT2D eigenvalue weighted by Crippen LogP contribution is -2.43. The third-order valence-electron chi connectivity index (χ3n) is 5.71. The maximum Gasteiger partial charge on any atom is 0.410 e.